The van der Waals surface area contributed by atoms with Gasteiger partial charge in [0, 0.05) is 12.5 Å². The van der Waals surface area contributed by atoms with Gasteiger partial charge in [-0.15, -0.1) is 0 Å². The van der Waals surface area contributed by atoms with Gasteiger partial charge < -0.3 is 34.4 Å². The third-order valence-electron chi connectivity index (χ3n) is 6.14. The Balaban J connectivity index is 2.03. The Labute approximate surface area is 181 Å². The maximum atomic E-state index is 12.7. The Morgan fingerprint density at radius 3 is 2.68 bits per heavy atom. The lowest BCUT2D eigenvalue weighted by Crippen LogP contribution is -2.60. The van der Waals surface area contributed by atoms with E-state index in [4.69, 9.17) is 14.2 Å². The van der Waals surface area contributed by atoms with Crippen LogP contribution >= 0.6 is 0 Å². The zero-order valence-corrected chi connectivity index (χ0v) is 18.1. The van der Waals surface area contributed by atoms with Crippen molar-refractivity contribution in [3.05, 3.63) is 29.8 Å². The lowest BCUT2D eigenvalue weighted by molar-refractivity contribution is -0.278. The Hall–Kier alpha value is -2.04. The second-order valence-corrected chi connectivity index (χ2v) is 8.51. The number of carbonyl (C=O) groups is 2. The molecule has 6 atom stereocenters. The van der Waals surface area contributed by atoms with Crippen molar-refractivity contribution in [3.8, 4) is 5.75 Å². The normalized spacial score (nSPS) is 34.0. The van der Waals surface area contributed by atoms with Crippen LogP contribution in [0.25, 0.3) is 0 Å². The highest BCUT2D eigenvalue weighted by atomic mass is 16.7. The van der Waals surface area contributed by atoms with Gasteiger partial charge in [0.1, 0.15) is 23.6 Å². The second-order valence-electron chi connectivity index (χ2n) is 8.51. The Morgan fingerprint density at radius 1 is 1.29 bits per heavy atom. The number of aliphatic carboxylic acids is 1. The van der Waals surface area contributed by atoms with E-state index in [0.717, 1.165) is 24.8 Å². The Morgan fingerprint density at radius 2 is 2.03 bits per heavy atom. The van der Waals surface area contributed by atoms with Crippen molar-refractivity contribution in [3.63, 3.8) is 0 Å². The van der Waals surface area contributed by atoms with E-state index in [0.29, 0.717) is 18.7 Å². The van der Waals surface area contributed by atoms with Gasteiger partial charge in [-0.1, -0.05) is 25.0 Å². The van der Waals surface area contributed by atoms with Gasteiger partial charge in [-0.25, -0.2) is 4.79 Å². The summed E-state index contributed by atoms with van der Waals surface area (Å²) in [5.74, 6) is -1.76. The molecule has 6 unspecified atom stereocenters. The minimum Gasteiger partial charge on any atom is -0.497 e. The molecule has 0 bridgehead atoms. The summed E-state index contributed by atoms with van der Waals surface area (Å²) in [7, 11) is 5.47. The van der Waals surface area contributed by atoms with Crippen molar-refractivity contribution in [2.75, 3.05) is 27.7 Å². The van der Waals surface area contributed by atoms with Crippen LogP contribution < -0.4 is 4.74 Å². The highest BCUT2D eigenvalue weighted by molar-refractivity contribution is 5.89. The van der Waals surface area contributed by atoms with Crippen LogP contribution in [0.4, 0.5) is 0 Å². The third kappa shape index (κ3) is 4.75. The molecule has 3 rings (SSSR count). The van der Waals surface area contributed by atoms with E-state index in [9.17, 15) is 24.9 Å². The van der Waals surface area contributed by atoms with Crippen molar-refractivity contribution in [2.45, 2.75) is 55.9 Å². The van der Waals surface area contributed by atoms with Crippen LogP contribution in [0.2, 0.25) is 0 Å². The monoisotopic (exact) mass is 437 g/mol. The molecule has 1 aromatic rings. The molecule has 2 fully saturated rings. The predicted molar refractivity (Wildman–Crippen MR) is 110 cm³/mol. The van der Waals surface area contributed by atoms with Crippen LogP contribution in [0, 0.1) is 5.92 Å². The van der Waals surface area contributed by atoms with Gasteiger partial charge in [-0.05, 0) is 44.6 Å². The lowest BCUT2D eigenvalue weighted by atomic mass is 9.70. The number of hydrogen-bond acceptors (Lipinski definition) is 8. The molecule has 9 nitrogen and oxygen atoms in total. The fourth-order valence-electron chi connectivity index (χ4n) is 4.62. The van der Waals surface area contributed by atoms with Crippen LogP contribution in [0.3, 0.4) is 0 Å². The predicted octanol–water partition coefficient (Wildman–Crippen LogP) is 0.759. The first-order chi connectivity index (χ1) is 14.7. The zero-order chi connectivity index (χ0) is 22.8. The van der Waals surface area contributed by atoms with E-state index >= 15 is 0 Å². The molecule has 1 saturated heterocycles. The van der Waals surface area contributed by atoms with Gasteiger partial charge >= 0.3 is 5.97 Å². The van der Waals surface area contributed by atoms with Crippen molar-refractivity contribution >= 4 is 11.8 Å². The Bertz CT molecular complexity index is 799. The summed E-state index contributed by atoms with van der Waals surface area (Å²) in [6, 6.07) is 7.39. The molecule has 9 heteroatoms. The molecule has 1 aliphatic carbocycles. The zero-order valence-electron chi connectivity index (χ0n) is 18.1. The summed E-state index contributed by atoms with van der Waals surface area (Å²) < 4.78 is 17.1. The first-order valence-corrected chi connectivity index (χ1v) is 10.4. The molecule has 2 aliphatic rings. The largest absolute Gasteiger partial charge is 0.497 e. The number of carboxylic acids is 1. The number of nitrogens with zero attached hydrogens (tertiary/aromatic N) is 1. The molecule has 3 N–H and O–H groups in total. The van der Waals surface area contributed by atoms with Crippen LogP contribution in [0.15, 0.2) is 24.3 Å². The van der Waals surface area contributed by atoms with Crippen molar-refractivity contribution in [1.29, 1.82) is 0 Å². The van der Waals surface area contributed by atoms with E-state index in [-0.39, 0.29) is 5.92 Å². The Kier molecular flexibility index (Phi) is 7.33. The fraction of sp³-hybridized carbons (Fsp3) is 0.636. The summed E-state index contributed by atoms with van der Waals surface area (Å²) in [6.07, 6.45) is -3.89. The van der Waals surface area contributed by atoms with Gasteiger partial charge in [0.05, 0.1) is 7.11 Å². The van der Waals surface area contributed by atoms with Gasteiger partial charge in [0.25, 0.3) is 0 Å². The standard InChI is InChI=1S/C22H31NO8/c1-23(2)12-14-7-4-5-10-22(14,13-8-6-9-15(11-13)29-3)31-21-18(26)16(24)17(25)19(30-21)20(27)28/h6,8-9,11,14,16-17,19,21,24-25H,4-5,7,10,12H2,1-3H3,(H,27,28). The number of methoxy groups -OCH3 is 1. The maximum Gasteiger partial charge on any atom is 0.335 e. The van der Waals surface area contributed by atoms with Gasteiger partial charge in [0.2, 0.25) is 12.1 Å². The topological polar surface area (TPSA) is 126 Å². The summed E-state index contributed by atoms with van der Waals surface area (Å²) in [6.45, 7) is 0.672. The van der Waals surface area contributed by atoms with Gasteiger partial charge in [-0.3, -0.25) is 4.79 Å². The van der Waals surface area contributed by atoms with Crippen LogP contribution in [0.1, 0.15) is 31.2 Å². The fourth-order valence-corrected chi connectivity index (χ4v) is 4.62. The smallest absolute Gasteiger partial charge is 0.335 e. The van der Waals surface area contributed by atoms with Gasteiger partial charge in [0.15, 0.2) is 6.10 Å². The number of Topliss-reactive ketones (excluding diaryl/α,β-unsaturated/α-hetero) is 1. The minimum absolute atomic E-state index is 0.0213. The lowest BCUT2D eigenvalue weighted by Gasteiger charge is -2.48. The van der Waals surface area contributed by atoms with Crippen LogP contribution in [-0.2, 0) is 24.7 Å². The molecule has 0 amide bonds. The van der Waals surface area contributed by atoms with Gasteiger partial charge in [-0.2, -0.15) is 0 Å². The molecule has 1 heterocycles. The first-order valence-electron chi connectivity index (χ1n) is 10.4. The molecule has 172 valence electrons. The average Bonchev–Trinajstić information content (AvgIpc) is 2.74. The first kappa shape index (κ1) is 23.6. The second kappa shape index (κ2) is 9.62. The molecule has 1 aromatic carbocycles. The highest BCUT2D eigenvalue weighted by Gasteiger charge is 2.52. The maximum absolute atomic E-state index is 12.7. The molecule has 0 radical (unpaired) electrons. The molecule has 1 saturated carbocycles. The summed E-state index contributed by atoms with van der Waals surface area (Å²) in [4.78, 5) is 26.3. The molecular weight excluding hydrogens is 406 g/mol. The number of hydrogen-bond donors (Lipinski definition) is 3. The van der Waals surface area contributed by atoms with E-state index < -0.39 is 42.0 Å². The molecule has 0 aromatic heterocycles. The van der Waals surface area contributed by atoms with Crippen molar-refractivity contribution in [1.82, 2.24) is 4.90 Å². The minimum atomic E-state index is -1.90. The molecular formula is C22H31NO8. The van der Waals surface area contributed by atoms with Crippen molar-refractivity contribution in [2.24, 2.45) is 5.92 Å². The number of ether oxygens (including phenoxy) is 3. The van der Waals surface area contributed by atoms with E-state index in [2.05, 4.69) is 0 Å². The molecule has 31 heavy (non-hydrogen) atoms. The van der Waals surface area contributed by atoms with Crippen LogP contribution in [0.5, 0.6) is 5.75 Å². The number of ketones is 1. The number of rotatable bonds is 7. The average molecular weight is 437 g/mol. The summed E-state index contributed by atoms with van der Waals surface area (Å²) in [5.41, 5.74) is -0.162. The summed E-state index contributed by atoms with van der Waals surface area (Å²) >= 11 is 0. The van der Waals surface area contributed by atoms with E-state index in [1.54, 1.807) is 7.11 Å². The van der Waals surface area contributed by atoms with E-state index in [1.165, 1.54) is 0 Å². The van der Waals surface area contributed by atoms with Crippen molar-refractivity contribution < 1.29 is 39.1 Å². The quantitative estimate of drug-likeness (QED) is 0.567. The number of aliphatic hydroxyl groups excluding tert-OH is 2. The highest BCUT2D eigenvalue weighted by Crippen LogP contribution is 2.47. The van der Waals surface area contributed by atoms with E-state index in [1.807, 2.05) is 43.3 Å². The number of carboxylic acid groups (broad SMARTS) is 1. The SMILES string of the molecule is COc1cccc(C2(OC3OC(C(=O)O)C(O)C(O)C3=O)CCCCC2CN(C)C)c1. The molecule has 0 spiro atoms. The third-order valence-corrected chi connectivity index (χ3v) is 6.14. The number of aliphatic hydroxyl groups is 2. The molecule has 1 aliphatic heterocycles. The van der Waals surface area contributed by atoms with Crippen LogP contribution in [-0.4, -0.2) is 84.3 Å². The number of carbonyl (C=O) groups excluding carboxylic acids is 1. The number of benzene rings is 1. The summed E-state index contributed by atoms with van der Waals surface area (Å²) in [5, 5.41) is 29.5.